The highest BCUT2D eigenvalue weighted by Crippen LogP contribution is 2.38. The van der Waals surface area contributed by atoms with E-state index < -0.39 is 0 Å². The number of fused-ring (bicyclic) bond motifs is 1. The Bertz CT molecular complexity index is 1140. The molecule has 1 fully saturated rings. The quantitative estimate of drug-likeness (QED) is 0.432. The molecular formula is C25H25N3O2. The number of hydrogen-bond donors (Lipinski definition) is 0. The predicted octanol–water partition coefficient (Wildman–Crippen LogP) is 5.82. The number of nitrogens with zero attached hydrogens (tertiary/aromatic N) is 3. The molecule has 5 heteroatoms. The molecule has 30 heavy (non-hydrogen) atoms. The van der Waals surface area contributed by atoms with Crippen LogP contribution in [0.4, 0.5) is 11.4 Å². The summed E-state index contributed by atoms with van der Waals surface area (Å²) in [6, 6.07) is 19.5. The van der Waals surface area contributed by atoms with E-state index in [1.54, 1.807) is 0 Å². The summed E-state index contributed by atoms with van der Waals surface area (Å²) in [5.41, 5.74) is 6.42. The van der Waals surface area contributed by atoms with Gasteiger partial charge in [-0.3, -0.25) is 4.98 Å². The fourth-order valence-corrected chi connectivity index (χ4v) is 4.47. The van der Waals surface area contributed by atoms with E-state index in [1.165, 1.54) is 11.4 Å². The minimum absolute atomic E-state index is 0.384. The third-order valence-corrected chi connectivity index (χ3v) is 5.89. The van der Waals surface area contributed by atoms with Crippen molar-refractivity contribution in [2.75, 3.05) is 18.1 Å². The number of para-hydroxylation sites is 1. The molecule has 0 aliphatic carbocycles. The lowest BCUT2D eigenvalue weighted by Gasteiger charge is -2.36. The maximum Gasteiger partial charge on any atom is 0.141 e. The first-order valence-corrected chi connectivity index (χ1v) is 10.5. The van der Waals surface area contributed by atoms with Gasteiger partial charge in [0, 0.05) is 42.1 Å². The average Bonchev–Trinajstić information content (AvgIpc) is 3.13. The van der Waals surface area contributed by atoms with E-state index in [2.05, 4.69) is 69.6 Å². The summed E-state index contributed by atoms with van der Waals surface area (Å²) in [6.07, 6.45) is 3.91. The highest BCUT2D eigenvalue weighted by Gasteiger charge is 2.25. The molecule has 4 aromatic rings. The molecule has 3 heterocycles. The highest BCUT2D eigenvalue weighted by atomic mass is 16.5. The Balaban J connectivity index is 1.70. The van der Waals surface area contributed by atoms with Gasteiger partial charge in [-0.25, -0.2) is 0 Å². The van der Waals surface area contributed by atoms with Crippen LogP contribution in [0.15, 0.2) is 65.3 Å². The Morgan fingerprint density at radius 3 is 2.50 bits per heavy atom. The van der Waals surface area contributed by atoms with E-state index in [9.17, 15) is 0 Å². The second-order valence-electron chi connectivity index (χ2n) is 7.81. The smallest absolute Gasteiger partial charge is 0.141 e. The molecule has 5 rings (SSSR count). The molecule has 0 saturated carbocycles. The van der Waals surface area contributed by atoms with Gasteiger partial charge in [-0.05, 0) is 62.6 Å². The number of hydrogen-bond acceptors (Lipinski definition) is 5. The van der Waals surface area contributed by atoms with E-state index in [0.717, 1.165) is 59.5 Å². The van der Waals surface area contributed by atoms with Crippen molar-refractivity contribution in [1.82, 2.24) is 10.1 Å². The molecule has 2 aromatic carbocycles. The molecular weight excluding hydrogens is 374 g/mol. The molecule has 2 aromatic heterocycles. The number of rotatable bonds is 4. The van der Waals surface area contributed by atoms with Crippen LogP contribution in [-0.4, -0.2) is 29.4 Å². The van der Waals surface area contributed by atoms with Crippen LogP contribution in [0.25, 0.3) is 22.0 Å². The third-order valence-electron chi connectivity index (χ3n) is 5.89. The largest absolute Gasteiger partial charge is 0.381 e. The molecule has 1 aliphatic heterocycles. The summed E-state index contributed by atoms with van der Waals surface area (Å²) in [7, 11) is 0. The van der Waals surface area contributed by atoms with Crippen molar-refractivity contribution in [2.45, 2.75) is 32.7 Å². The summed E-state index contributed by atoms with van der Waals surface area (Å²) in [5, 5.41) is 5.27. The summed E-state index contributed by atoms with van der Waals surface area (Å²) in [6.45, 7) is 5.53. The van der Waals surface area contributed by atoms with Crippen LogP contribution >= 0.6 is 0 Å². The third kappa shape index (κ3) is 3.35. The lowest BCUT2D eigenvalue weighted by atomic mass is 9.99. The molecule has 0 bridgehead atoms. The normalized spacial score (nSPS) is 14.9. The molecule has 152 valence electrons. The number of pyridine rings is 1. The lowest BCUT2D eigenvalue weighted by molar-refractivity contribution is 0.0866. The molecule has 5 nitrogen and oxygen atoms in total. The van der Waals surface area contributed by atoms with Crippen LogP contribution in [0.1, 0.15) is 24.3 Å². The van der Waals surface area contributed by atoms with Crippen LogP contribution in [-0.2, 0) is 4.74 Å². The average molecular weight is 399 g/mol. The van der Waals surface area contributed by atoms with Crippen molar-refractivity contribution in [3.8, 4) is 11.1 Å². The first-order chi connectivity index (χ1) is 14.7. The van der Waals surface area contributed by atoms with Crippen LogP contribution in [0, 0.1) is 13.8 Å². The molecule has 0 amide bonds. The van der Waals surface area contributed by atoms with E-state index in [0.29, 0.717) is 6.04 Å². The molecule has 1 aliphatic rings. The zero-order chi connectivity index (χ0) is 20.5. The van der Waals surface area contributed by atoms with Gasteiger partial charge in [0.25, 0.3) is 0 Å². The Morgan fingerprint density at radius 2 is 1.77 bits per heavy atom. The van der Waals surface area contributed by atoms with E-state index in [1.807, 2.05) is 20.0 Å². The van der Waals surface area contributed by atoms with Crippen LogP contribution in [0.2, 0.25) is 0 Å². The van der Waals surface area contributed by atoms with Crippen LogP contribution in [0.5, 0.6) is 0 Å². The standard InChI is InChI=1S/C25H25N3O2/c1-17-25(18(2)30-27-17)19-8-9-23-22(16-19)24(10-13-26-23)28(20-6-4-3-5-7-20)21-11-14-29-15-12-21/h3-10,13,16,21H,11-12,14-15H2,1-2H3. The summed E-state index contributed by atoms with van der Waals surface area (Å²) in [4.78, 5) is 7.10. The zero-order valence-electron chi connectivity index (χ0n) is 17.3. The van der Waals surface area contributed by atoms with Gasteiger partial charge < -0.3 is 14.2 Å². The number of aromatic nitrogens is 2. The zero-order valence-corrected chi connectivity index (χ0v) is 17.3. The lowest BCUT2D eigenvalue weighted by Crippen LogP contribution is -2.36. The van der Waals surface area contributed by atoms with Crippen LogP contribution < -0.4 is 4.90 Å². The van der Waals surface area contributed by atoms with Gasteiger partial charge in [-0.1, -0.05) is 29.4 Å². The van der Waals surface area contributed by atoms with Crippen molar-refractivity contribution in [3.05, 3.63) is 72.2 Å². The number of benzene rings is 2. The fourth-order valence-electron chi connectivity index (χ4n) is 4.47. The molecule has 1 saturated heterocycles. The Hall–Kier alpha value is -3.18. The highest BCUT2D eigenvalue weighted by molar-refractivity contribution is 5.96. The summed E-state index contributed by atoms with van der Waals surface area (Å²) < 4.78 is 11.1. The number of aryl methyl sites for hydroxylation is 2. The van der Waals surface area contributed by atoms with Gasteiger partial charge >= 0.3 is 0 Å². The van der Waals surface area contributed by atoms with Crippen molar-refractivity contribution < 1.29 is 9.26 Å². The second kappa shape index (κ2) is 7.92. The first-order valence-electron chi connectivity index (χ1n) is 10.5. The van der Waals surface area contributed by atoms with Gasteiger partial charge in [0.2, 0.25) is 0 Å². The molecule has 0 radical (unpaired) electrons. The predicted molar refractivity (Wildman–Crippen MR) is 119 cm³/mol. The molecule has 0 atom stereocenters. The van der Waals surface area contributed by atoms with E-state index >= 15 is 0 Å². The fraction of sp³-hybridized carbons (Fsp3) is 0.280. The SMILES string of the molecule is Cc1noc(C)c1-c1ccc2nccc(N(c3ccccc3)C3CCOCC3)c2c1. The minimum Gasteiger partial charge on any atom is -0.381 e. The Kier molecular flexibility index (Phi) is 4.97. The van der Waals surface area contributed by atoms with Crippen molar-refractivity contribution >= 4 is 22.3 Å². The maximum absolute atomic E-state index is 5.65. The monoisotopic (exact) mass is 399 g/mol. The summed E-state index contributed by atoms with van der Waals surface area (Å²) in [5.74, 6) is 0.835. The number of anilines is 2. The van der Waals surface area contributed by atoms with Gasteiger partial charge in [0.1, 0.15) is 5.76 Å². The van der Waals surface area contributed by atoms with Crippen LogP contribution in [0.3, 0.4) is 0 Å². The van der Waals surface area contributed by atoms with Crippen molar-refractivity contribution in [1.29, 1.82) is 0 Å². The van der Waals surface area contributed by atoms with Crippen molar-refractivity contribution in [3.63, 3.8) is 0 Å². The number of ether oxygens (including phenoxy) is 1. The Morgan fingerprint density at radius 1 is 0.967 bits per heavy atom. The van der Waals surface area contributed by atoms with E-state index in [4.69, 9.17) is 9.26 Å². The van der Waals surface area contributed by atoms with Gasteiger partial charge in [0.15, 0.2) is 0 Å². The molecule has 0 unspecified atom stereocenters. The van der Waals surface area contributed by atoms with Gasteiger partial charge in [0.05, 0.1) is 16.9 Å². The second-order valence-corrected chi connectivity index (χ2v) is 7.81. The topological polar surface area (TPSA) is 51.4 Å². The molecule has 0 N–H and O–H groups in total. The van der Waals surface area contributed by atoms with Gasteiger partial charge in [-0.15, -0.1) is 0 Å². The Labute approximate surface area is 176 Å². The van der Waals surface area contributed by atoms with Crippen molar-refractivity contribution in [2.24, 2.45) is 0 Å². The minimum atomic E-state index is 0.384. The van der Waals surface area contributed by atoms with Gasteiger partial charge in [-0.2, -0.15) is 0 Å². The van der Waals surface area contributed by atoms with E-state index in [-0.39, 0.29) is 0 Å². The summed E-state index contributed by atoms with van der Waals surface area (Å²) >= 11 is 0. The maximum atomic E-state index is 5.65. The molecule has 0 spiro atoms. The first kappa shape index (κ1) is 18.8.